The second kappa shape index (κ2) is 2.30. The second-order valence-corrected chi connectivity index (χ2v) is 1.36. The first kappa shape index (κ1) is 3.00. The molecule has 1 aromatic rings. The average Bonchev–Trinajstić information content (AvgIpc) is 1.82. The minimum absolute atomic E-state index is 0.0169. The lowest BCUT2D eigenvalue weighted by Gasteiger charge is -1.95. The van der Waals surface area contributed by atoms with Gasteiger partial charge in [-0.25, -0.2) is 4.98 Å². The highest BCUT2D eigenvalue weighted by Gasteiger charge is 1.90. The third-order valence-electron chi connectivity index (χ3n) is 0.753. The lowest BCUT2D eigenvalue weighted by Crippen LogP contribution is -1.95. The molecule has 2 N–H and O–H groups in total. The van der Waals surface area contributed by atoms with Crippen molar-refractivity contribution in [2.24, 2.45) is 0 Å². The lowest BCUT2D eigenvalue weighted by molar-refractivity contribution is 0.397. The van der Waals surface area contributed by atoms with Crippen molar-refractivity contribution in [1.29, 1.82) is 0 Å². The van der Waals surface area contributed by atoms with Gasteiger partial charge in [0.15, 0.2) is 0 Å². The van der Waals surface area contributed by atoms with E-state index in [4.69, 9.17) is 9.85 Å². The molecule has 0 aromatic carbocycles. The van der Waals surface area contributed by atoms with Gasteiger partial charge >= 0.3 is 0 Å². The maximum atomic E-state index is 6.75. The van der Waals surface area contributed by atoms with Gasteiger partial charge in [-0.3, -0.25) is 0 Å². The van der Waals surface area contributed by atoms with E-state index in [9.17, 15) is 0 Å². The monoisotopic (exact) mass is 128 g/mol. The fourth-order valence-electron chi connectivity index (χ4n) is 0.413. The third kappa shape index (κ3) is 1.28. The average molecular weight is 128 g/mol. The molecule has 0 saturated heterocycles. The van der Waals surface area contributed by atoms with E-state index in [2.05, 4.69) is 14.7 Å². The van der Waals surface area contributed by atoms with Crippen LogP contribution in [-0.2, 0) is 0 Å². The number of aromatic nitrogens is 2. The van der Waals surface area contributed by atoms with Crippen molar-refractivity contribution in [1.82, 2.24) is 9.97 Å². The maximum absolute atomic E-state index is 6.75. The van der Waals surface area contributed by atoms with Crippen molar-refractivity contribution < 1.29 is 8.85 Å². The quantitative estimate of drug-likeness (QED) is 0.581. The summed E-state index contributed by atoms with van der Waals surface area (Å²) < 4.78 is 24.7. The van der Waals surface area contributed by atoms with Crippen molar-refractivity contribution in [2.75, 3.05) is 12.8 Å². The number of ether oxygens (including phenoxy) is 1. The van der Waals surface area contributed by atoms with E-state index in [0.717, 1.165) is 0 Å². The summed E-state index contributed by atoms with van der Waals surface area (Å²) in [5.74, 6) is -0.0701. The van der Waals surface area contributed by atoms with Crippen LogP contribution in [0.25, 0.3) is 0 Å². The molecule has 0 radical (unpaired) electrons. The van der Waals surface area contributed by atoms with Crippen LogP contribution in [0.15, 0.2) is 12.3 Å². The topological polar surface area (TPSA) is 61.0 Å². The summed E-state index contributed by atoms with van der Waals surface area (Å²) >= 11 is 0. The fourth-order valence-corrected chi connectivity index (χ4v) is 0.413. The molecular weight excluding hydrogens is 118 g/mol. The van der Waals surface area contributed by atoms with Crippen LogP contribution in [0, 0.1) is 0 Å². The van der Waals surface area contributed by atoms with Crippen LogP contribution in [0.4, 0.5) is 5.95 Å². The molecular formula is C5H7N3O. The molecule has 0 fully saturated rings. The first-order valence-corrected chi connectivity index (χ1v) is 2.25. The van der Waals surface area contributed by atoms with Crippen LogP contribution in [0.2, 0.25) is 0 Å². The van der Waals surface area contributed by atoms with E-state index in [0.29, 0.717) is 0 Å². The molecule has 0 amide bonds. The van der Waals surface area contributed by atoms with E-state index >= 15 is 0 Å². The summed E-state index contributed by atoms with van der Waals surface area (Å²) in [5.41, 5.74) is 5.19. The molecule has 0 atom stereocenters. The van der Waals surface area contributed by atoms with Gasteiger partial charge in [0.2, 0.25) is 11.8 Å². The number of nitrogens with two attached hydrogens (primary N) is 1. The van der Waals surface area contributed by atoms with Gasteiger partial charge in [0.1, 0.15) is 0 Å². The molecule has 48 valence electrons. The number of hydrogen-bond acceptors (Lipinski definition) is 4. The van der Waals surface area contributed by atoms with Crippen molar-refractivity contribution in [3.05, 3.63) is 12.3 Å². The number of nitrogens with zero attached hydrogens (tertiary/aromatic N) is 2. The molecule has 1 aromatic heterocycles. The zero-order valence-corrected chi connectivity index (χ0v) is 4.53. The van der Waals surface area contributed by atoms with Gasteiger partial charge in [-0.2, -0.15) is 4.98 Å². The highest BCUT2D eigenvalue weighted by molar-refractivity contribution is 5.20. The molecule has 0 aliphatic rings. The van der Waals surface area contributed by atoms with Crippen molar-refractivity contribution in [3.63, 3.8) is 0 Å². The Labute approximate surface area is 56.9 Å². The number of anilines is 1. The standard InChI is InChI=1S/C5H7N3O/c1-9-4-2-3-7-5(6)8-4/h2-3H,1H3,(H2,6,7,8)/i1D3. The SMILES string of the molecule is [2H]C([2H])([2H])Oc1ccnc(N)n1. The van der Waals surface area contributed by atoms with Gasteiger partial charge < -0.3 is 10.5 Å². The number of hydrogen-bond donors (Lipinski definition) is 1. The Morgan fingerprint density at radius 2 is 2.78 bits per heavy atom. The van der Waals surface area contributed by atoms with Crippen LogP contribution in [0.5, 0.6) is 5.88 Å². The van der Waals surface area contributed by atoms with E-state index in [-0.39, 0.29) is 11.8 Å². The minimum atomic E-state index is -2.50. The largest absolute Gasteiger partial charge is 0.481 e. The van der Waals surface area contributed by atoms with E-state index in [1.165, 1.54) is 12.3 Å². The van der Waals surface area contributed by atoms with Gasteiger partial charge in [-0.1, -0.05) is 0 Å². The molecule has 0 aliphatic heterocycles. The summed E-state index contributed by atoms with van der Waals surface area (Å²) in [6.07, 6.45) is 1.32. The Bertz CT molecular complexity index is 275. The highest BCUT2D eigenvalue weighted by atomic mass is 16.5. The normalized spacial score (nSPS) is 15.3. The van der Waals surface area contributed by atoms with Gasteiger partial charge in [0, 0.05) is 12.3 Å². The maximum Gasteiger partial charge on any atom is 0.223 e. The minimum Gasteiger partial charge on any atom is -0.481 e. The molecule has 0 spiro atoms. The zero-order valence-electron chi connectivity index (χ0n) is 7.53. The summed E-state index contributed by atoms with van der Waals surface area (Å²) in [7, 11) is -2.50. The van der Waals surface area contributed by atoms with E-state index in [1.807, 2.05) is 0 Å². The van der Waals surface area contributed by atoms with Gasteiger partial charge in [-0.15, -0.1) is 0 Å². The molecule has 1 heterocycles. The van der Waals surface area contributed by atoms with Crippen LogP contribution in [-0.4, -0.2) is 17.0 Å². The Hall–Kier alpha value is -1.32. The number of nitrogen functional groups attached to an aromatic ring is 1. The zero-order chi connectivity index (χ0) is 9.19. The number of rotatable bonds is 1. The molecule has 9 heavy (non-hydrogen) atoms. The fraction of sp³-hybridized carbons (Fsp3) is 0.200. The molecule has 4 heteroatoms. The van der Waals surface area contributed by atoms with Gasteiger partial charge in [0.25, 0.3) is 0 Å². The predicted molar refractivity (Wildman–Crippen MR) is 33.0 cm³/mol. The Morgan fingerprint density at radius 3 is 3.44 bits per heavy atom. The molecule has 0 bridgehead atoms. The van der Waals surface area contributed by atoms with Crippen LogP contribution in [0.3, 0.4) is 0 Å². The van der Waals surface area contributed by atoms with Gasteiger partial charge in [0.05, 0.1) is 11.2 Å². The van der Waals surface area contributed by atoms with Crippen molar-refractivity contribution in [3.8, 4) is 5.88 Å². The predicted octanol–water partition coefficient (Wildman–Crippen LogP) is 0.0674. The Balaban J connectivity index is 2.77. The first-order chi connectivity index (χ1) is 5.47. The summed E-state index contributed by atoms with van der Waals surface area (Å²) in [5, 5.41) is 0. The molecule has 4 nitrogen and oxygen atoms in total. The summed E-state index contributed by atoms with van der Waals surface area (Å²) in [4.78, 5) is 7.12. The van der Waals surface area contributed by atoms with Gasteiger partial charge in [-0.05, 0) is 0 Å². The summed E-state index contributed by atoms with van der Waals surface area (Å²) in [6, 6.07) is 1.32. The van der Waals surface area contributed by atoms with Crippen LogP contribution >= 0.6 is 0 Å². The Kier molecular flexibility index (Phi) is 0.768. The molecule has 0 saturated carbocycles. The van der Waals surface area contributed by atoms with E-state index < -0.39 is 7.04 Å². The lowest BCUT2D eigenvalue weighted by atomic mass is 10.6. The number of methoxy groups -OCH3 is 1. The second-order valence-electron chi connectivity index (χ2n) is 1.36. The van der Waals surface area contributed by atoms with Crippen LogP contribution in [0.1, 0.15) is 4.11 Å². The van der Waals surface area contributed by atoms with Crippen molar-refractivity contribution >= 4 is 5.95 Å². The molecule has 1 rings (SSSR count). The smallest absolute Gasteiger partial charge is 0.223 e. The van der Waals surface area contributed by atoms with Crippen LogP contribution < -0.4 is 10.5 Å². The third-order valence-corrected chi connectivity index (χ3v) is 0.753. The first-order valence-electron chi connectivity index (χ1n) is 3.75. The Morgan fingerprint density at radius 1 is 1.89 bits per heavy atom. The molecule has 0 unspecified atom stereocenters. The highest BCUT2D eigenvalue weighted by Crippen LogP contribution is 2.02. The molecule has 0 aliphatic carbocycles. The summed E-state index contributed by atoms with van der Waals surface area (Å²) in [6.45, 7) is 0. The van der Waals surface area contributed by atoms with Crippen molar-refractivity contribution in [2.45, 2.75) is 0 Å². The van der Waals surface area contributed by atoms with E-state index in [1.54, 1.807) is 0 Å².